The minimum atomic E-state index is -0.717. The number of likely N-dealkylation sites (tertiary alicyclic amines) is 1. The number of hydrogen-bond acceptors (Lipinski definition) is 4. The molecule has 1 spiro atoms. The molecule has 6 nitrogen and oxygen atoms in total. The molecule has 0 atom stereocenters. The summed E-state index contributed by atoms with van der Waals surface area (Å²) in [6.07, 6.45) is 2.10. The van der Waals surface area contributed by atoms with Crippen molar-refractivity contribution in [2.75, 3.05) is 33.3 Å². The molecule has 0 bridgehead atoms. The fraction of sp³-hybridized carbons (Fsp3) is 0.481. The van der Waals surface area contributed by atoms with E-state index in [1.165, 1.54) is 16.0 Å². The molecule has 2 saturated heterocycles. The summed E-state index contributed by atoms with van der Waals surface area (Å²) in [5.74, 6) is 1.10. The van der Waals surface area contributed by atoms with Crippen LogP contribution in [0.1, 0.15) is 37.8 Å². The van der Waals surface area contributed by atoms with Crippen LogP contribution in [0.15, 0.2) is 54.6 Å². The van der Waals surface area contributed by atoms with Gasteiger partial charge in [-0.05, 0) is 48.4 Å². The molecule has 2 aromatic carbocycles. The van der Waals surface area contributed by atoms with E-state index in [1.54, 1.807) is 7.11 Å². The third-order valence-electron chi connectivity index (χ3n) is 6.86. The van der Waals surface area contributed by atoms with E-state index in [9.17, 15) is 9.59 Å². The lowest BCUT2D eigenvalue weighted by Crippen LogP contribution is -2.56. The number of urea groups is 1. The molecular weight excluding hydrogens is 414 g/mol. The molecule has 0 unspecified atom stereocenters. The van der Waals surface area contributed by atoms with Crippen molar-refractivity contribution in [2.24, 2.45) is 5.92 Å². The second kappa shape index (κ2) is 9.96. The summed E-state index contributed by atoms with van der Waals surface area (Å²) in [6.45, 7) is 7.54. The van der Waals surface area contributed by atoms with Crippen LogP contribution in [0.2, 0.25) is 0 Å². The minimum Gasteiger partial charge on any atom is -0.497 e. The van der Waals surface area contributed by atoms with Gasteiger partial charge in [-0.2, -0.15) is 0 Å². The van der Waals surface area contributed by atoms with E-state index < -0.39 is 5.54 Å². The van der Waals surface area contributed by atoms with Crippen LogP contribution in [0.5, 0.6) is 5.75 Å². The monoisotopic (exact) mass is 449 g/mol. The van der Waals surface area contributed by atoms with Gasteiger partial charge in [0.2, 0.25) is 0 Å². The molecule has 6 heteroatoms. The maximum absolute atomic E-state index is 13.6. The Hall–Kier alpha value is -2.86. The van der Waals surface area contributed by atoms with E-state index in [0.717, 1.165) is 31.8 Å². The molecule has 2 heterocycles. The molecule has 2 aliphatic rings. The van der Waals surface area contributed by atoms with Crippen molar-refractivity contribution >= 4 is 11.9 Å². The van der Waals surface area contributed by atoms with Crippen molar-refractivity contribution in [3.63, 3.8) is 0 Å². The molecule has 2 fully saturated rings. The number of rotatable bonds is 8. The van der Waals surface area contributed by atoms with Gasteiger partial charge in [0.15, 0.2) is 0 Å². The fourth-order valence-electron chi connectivity index (χ4n) is 5.10. The second-order valence-corrected chi connectivity index (χ2v) is 9.64. The normalized spacial score (nSPS) is 18.5. The van der Waals surface area contributed by atoms with Crippen LogP contribution in [0.3, 0.4) is 0 Å². The molecular formula is C27H35N3O3. The molecule has 2 aliphatic heterocycles. The van der Waals surface area contributed by atoms with Gasteiger partial charge >= 0.3 is 6.03 Å². The second-order valence-electron chi connectivity index (χ2n) is 9.64. The zero-order valence-electron chi connectivity index (χ0n) is 20.0. The molecule has 0 aromatic heterocycles. The SMILES string of the molecule is COc1cccc(CN2CCC3(CC2)C(=O)N(CC(C)C)C(=O)N3CCc2ccccc2)c1. The maximum Gasteiger partial charge on any atom is 0.327 e. The zero-order chi connectivity index (χ0) is 23.4. The largest absolute Gasteiger partial charge is 0.497 e. The van der Waals surface area contributed by atoms with Crippen LogP contribution < -0.4 is 4.74 Å². The molecule has 0 radical (unpaired) electrons. The summed E-state index contributed by atoms with van der Waals surface area (Å²) in [5, 5.41) is 0. The predicted octanol–water partition coefficient (Wildman–Crippen LogP) is 4.19. The van der Waals surface area contributed by atoms with Gasteiger partial charge in [0, 0.05) is 32.7 Å². The summed E-state index contributed by atoms with van der Waals surface area (Å²) in [5.41, 5.74) is 1.66. The van der Waals surface area contributed by atoms with E-state index in [4.69, 9.17) is 4.74 Å². The average Bonchev–Trinajstić information content (AvgIpc) is 3.01. The van der Waals surface area contributed by atoms with Gasteiger partial charge in [0.1, 0.15) is 11.3 Å². The van der Waals surface area contributed by atoms with Crippen molar-refractivity contribution in [1.82, 2.24) is 14.7 Å². The van der Waals surface area contributed by atoms with Gasteiger partial charge in [0.25, 0.3) is 5.91 Å². The number of amides is 3. The van der Waals surface area contributed by atoms with Gasteiger partial charge in [-0.25, -0.2) is 4.79 Å². The lowest BCUT2D eigenvalue weighted by atomic mass is 9.85. The molecule has 2 aromatic rings. The highest BCUT2D eigenvalue weighted by molar-refractivity contribution is 6.07. The quantitative estimate of drug-likeness (QED) is 0.567. The van der Waals surface area contributed by atoms with Crippen LogP contribution in [-0.2, 0) is 17.8 Å². The lowest BCUT2D eigenvalue weighted by molar-refractivity contribution is -0.136. The number of piperidine rings is 1. The highest BCUT2D eigenvalue weighted by Crippen LogP contribution is 2.38. The van der Waals surface area contributed by atoms with Gasteiger partial charge < -0.3 is 9.64 Å². The minimum absolute atomic E-state index is 0.00436. The first-order valence-corrected chi connectivity index (χ1v) is 12.0. The van der Waals surface area contributed by atoms with Crippen molar-refractivity contribution in [3.8, 4) is 5.75 Å². The van der Waals surface area contributed by atoms with Crippen molar-refractivity contribution in [1.29, 1.82) is 0 Å². The Balaban J connectivity index is 1.49. The van der Waals surface area contributed by atoms with Crippen molar-refractivity contribution < 1.29 is 14.3 Å². The van der Waals surface area contributed by atoms with E-state index in [2.05, 4.69) is 43.0 Å². The summed E-state index contributed by atoms with van der Waals surface area (Å²) < 4.78 is 5.35. The first kappa shape index (κ1) is 23.3. The Bertz CT molecular complexity index is 968. The van der Waals surface area contributed by atoms with E-state index >= 15 is 0 Å². The number of hydrogen-bond donors (Lipinski definition) is 0. The van der Waals surface area contributed by atoms with Crippen LogP contribution >= 0.6 is 0 Å². The standard InChI is InChI=1S/C27H35N3O3/c1-21(2)19-29-25(31)27(30(26(29)32)15-12-22-8-5-4-6-9-22)13-16-28(17-14-27)20-23-10-7-11-24(18-23)33-3/h4-11,18,21H,12-17,19-20H2,1-3H3. The van der Waals surface area contributed by atoms with E-state index in [-0.39, 0.29) is 17.9 Å². The zero-order valence-corrected chi connectivity index (χ0v) is 20.0. The molecule has 0 N–H and O–H groups in total. The topological polar surface area (TPSA) is 53.1 Å². The number of carbonyl (C=O) groups is 2. The van der Waals surface area contributed by atoms with E-state index in [1.807, 2.05) is 35.2 Å². The van der Waals surface area contributed by atoms with E-state index in [0.29, 0.717) is 25.9 Å². The Morgan fingerprint density at radius 2 is 1.67 bits per heavy atom. The summed E-state index contributed by atoms with van der Waals surface area (Å²) in [7, 11) is 1.68. The third kappa shape index (κ3) is 4.91. The maximum atomic E-state index is 13.6. The number of ether oxygens (including phenoxy) is 1. The van der Waals surface area contributed by atoms with Gasteiger partial charge in [-0.1, -0.05) is 56.3 Å². The predicted molar refractivity (Wildman–Crippen MR) is 129 cm³/mol. The summed E-state index contributed by atoms with van der Waals surface area (Å²) in [6, 6.07) is 18.2. The number of nitrogens with zero attached hydrogens (tertiary/aromatic N) is 3. The average molecular weight is 450 g/mol. The number of imide groups is 1. The van der Waals surface area contributed by atoms with Crippen molar-refractivity contribution in [2.45, 2.75) is 45.2 Å². The Morgan fingerprint density at radius 3 is 2.33 bits per heavy atom. The van der Waals surface area contributed by atoms with Gasteiger partial charge in [-0.15, -0.1) is 0 Å². The van der Waals surface area contributed by atoms with Crippen LogP contribution in [-0.4, -0.2) is 65.5 Å². The fourth-order valence-corrected chi connectivity index (χ4v) is 5.10. The highest BCUT2D eigenvalue weighted by atomic mass is 16.5. The molecule has 0 aliphatic carbocycles. The van der Waals surface area contributed by atoms with Crippen LogP contribution in [0.4, 0.5) is 4.79 Å². The molecule has 4 rings (SSSR count). The Labute approximate surface area is 197 Å². The smallest absolute Gasteiger partial charge is 0.327 e. The first-order chi connectivity index (χ1) is 15.9. The number of carbonyl (C=O) groups excluding carboxylic acids is 2. The highest BCUT2D eigenvalue weighted by Gasteiger charge is 2.57. The Morgan fingerprint density at radius 1 is 0.970 bits per heavy atom. The number of benzene rings is 2. The molecule has 3 amide bonds. The molecule has 0 saturated carbocycles. The van der Waals surface area contributed by atoms with Gasteiger partial charge in [0.05, 0.1) is 7.11 Å². The molecule has 33 heavy (non-hydrogen) atoms. The summed E-state index contributed by atoms with van der Waals surface area (Å²) >= 11 is 0. The number of methoxy groups -OCH3 is 1. The van der Waals surface area contributed by atoms with Crippen molar-refractivity contribution in [3.05, 3.63) is 65.7 Å². The third-order valence-corrected chi connectivity index (χ3v) is 6.86. The Kier molecular flexibility index (Phi) is 7.03. The lowest BCUT2D eigenvalue weighted by Gasteiger charge is -2.42. The molecule has 176 valence electrons. The first-order valence-electron chi connectivity index (χ1n) is 12.0. The van der Waals surface area contributed by atoms with Crippen LogP contribution in [0.25, 0.3) is 0 Å². The van der Waals surface area contributed by atoms with Crippen LogP contribution in [0, 0.1) is 5.92 Å². The van der Waals surface area contributed by atoms with Gasteiger partial charge in [-0.3, -0.25) is 14.6 Å². The summed E-state index contributed by atoms with van der Waals surface area (Å²) in [4.78, 5) is 32.8.